The van der Waals surface area contributed by atoms with Crippen LogP contribution < -0.4 is 10.5 Å². The van der Waals surface area contributed by atoms with E-state index in [1.54, 1.807) is 25.2 Å². The quantitative estimate of drug-likeness (QED) is 0.855. The topological polar surface area (TPSA) is 72.6 Å². The van der Waals surface area contributed by atoms with Crippen LogP contribution in [0.2, 0.25) is 0 Å². The summed E-state index contributed by atoms with van der Waals surface area (Å²) < 4.78 is 31.2. The van der Waals surface area contributed by atoms with Crippen LogP contribution in [0, 0.1) is 5.41 Å². The molecule has 6 heteroatoms. The molecule has 108 valence electrons. The lowest BCUT2D eigenvalue weighted by molar-refractivity contribution is 0.292. The normalized spacial score (nSPS) is 12.7. The molecular weight excluding hydrogens is 264 g/mol. The third-order valence-electron chi connectivity index (χ3n) is 2.95. The zero-order valence-electron chi connectivity index (χ0n) is 11.9. The first-order valence-corrected chi connectivity index (χ1v) is 7.47. The van der Waals surface area contributed by atoms with E-state index in [-0.39, 0.29) is 10.3 Å². The molecule has 19 heavy (non-hydrogen) atoms. The van der Waals surface area contributed by atoms with Gasteiger partial charge in [-0.1, -0.05) is 19.9 Å². The molecule has 0 bridgehead atoms. The summed E-state index contributed by atoms with van der Waals surface area (Å²) in [6.07, 6.45) is 0. The van der Waals surface area contributed by atoms with Gasteiger partial charge in [-0.15, -0.1) is 0 Å². The molecule has 0 aliphatic carbocycles. The smallest absolute Gasteiger partial charge is 0.242 e. The van der Waals surface area contributed by atoms with Crippen LogP contribution in [0.5, 0.6) is 5.75 Å². The van der Waals surface area contributed by atoms with Crippen molar-refractivity contribution >= 4 is 10.0 Å². The molecule has 0 heterocycles. The number of methoxy groups -OCH3 is 1. The molecule has 0 amide bonds. The summed E-state index contributed by atoms with van der Waals surface area (Å²) in [7, 11) is -0.448. The molecule has 0 aliphatic heterocycles. The lowest BCUT2D eigenvalue weighted by Crippen LogP contribution is -2.39. The second-order valence-electron chi connectivity index (χ2n) is 5.31. The Kier molecular flexibility index (Phi) is 4.95. The Hall–Kier alpha value is -1.11. The molecule has 0 aromatic heterocycles. The summed E-state index contributed by atoms with van der Waals surface area (Å²) in [5.41, 5.74) is 5.38. The Bertz CT molecular complexity index is 526. The largest absolute Gasteiger partial charge is 0.497 e. The van der Waals surface area contributed by atoms with Crippen molar-refractivity contribution in [1.82, 2.24) is 4.31 Å². The lowest BCUT2D eigenvalue weighted by Gasteiger charge is -2.28. The van der Waals surface area contributed by atoms with Gasteiger partial charge in [-0.25, -0.2) is 12.7 Å². The van der Waals surface area contributed by atoms with Gasteiger partial charge in [0.1, 0.15) is 5.75 Å². The first-order chi connectivity index (χ1) is 8.73. The molecule has 5 nitrogen and oxygen atoms in total. The summed E-state index contributed by atoms with van der Waals surface area (Å²) in [6, 6.07) is 6.45. The minimum Gasteiger partial charge on any atom is -0.497 e. The van der Waals surface area contributed by atoms with E-state index < -0.39 is 10.0 Å². The third kappa shape index (κ3) is 3.92. The highest BCUT2D eigenvalue weighted by Crippen LogP contribution is 2.23. The molecule has 0 saturated heterocycles. The van der Waals surface area contributed by atoms with Crippen LogP contribution in [0.1, 0.15) is 13.8 Å². The number of hydrogen-bond acceptors (Lipinski definition) is 4. The van der Waals surface area contributed by atoms with Crippen LogP contribution in [0.25, 0.3) is 0 Å². The fourth-order valence-electron chi connectivity index (χ4n) is 1.69. The molecule has 0 saturated carbocycles. The van der Waals surface area contributed by atoms with Gasteiger partial charge in [0.25, 0.3) is 0 Å². The highest BCUT2D eigenvalue weighted by molar-refractivity contribution is 7.89. The van der Waals surface area contributed by atoms with Gasteiger partial charge < -0.3 is 10.5 Å². The standard InChI is InChI=1S/C13H22N2O3S/c1-13(2,9-14)10-15(3)19(16,17)12-7-5-6-11(8-12)18-4/h5-8H,9-10,14H2,1-4H3. The summed E-state index contributed by atoms with van der Waals surface area (Å²) in [4.78, 5) is 0.224. The van der Waals surface area contributed by atoms with Gasteiger partial charge in [0.2, 0.25) is 10.0 Å². The van der Waals surface area contributed by atoms with Crippen molar-refractivity contribution in [2.75, 3.05) is 27.2 Å². The Morgan fingerprint density at radius 3 is 2.53 bits per heavy atom. The Labute approximate surface area is 115 Å². The molecule has 0 spiro atoms. The summed E-state index contributed by atoms with van der Waals surface area (Å²) in [6.45, 7) is 4.66. The van der Waals surface area contributed by atoms with E-state index in [4.69, 9.17) is 10.5 Å². The zero-order chi connectivity index (χ0) is 14.7. The van der Waals surface area contributed by atoms with E-state index in [1.807, 2.05) is 13.8 Å². The highest BCUT2D eigenvalue weighted by Gasteiger charge is 2.27. The van der Waals surface area contributed by atoms with Crippen molar-refractivity contribution in [3.05, 3.63) is 24.3 Å². The van der Waals surface area contributed by atoms with Gasteiger partial charge in [-0.3, -0.25) is 0 Å². The van der Waals surface area contributed by atoms with Crippen LogP contribution in [0.15, 0.2) is 29.2 Å². The molecule has 1 rings (SSSR count). The maximum Gasteiger partial charge on any atom is 0.242 e. The number of sulfonamides is 1. The molecular formula is C13H22N2O3S. The van der Waals surface area contributed by atoms with Gasteiger partial charge in [0.05, 0.1) is 12.0 Å². The molecule has 0 unspecified atom stereocenters. The minimum atomic E-state index is -3.52. The SMILES string of the molecule is COc1cccc(S(=O)(=O)N(C)CC(C)(C)CN)c1. The zero-order valence-corrected chi connectivity index (χ0v) is 12.7. The van der Waals surface area contributed by atoms with Crippen molar-refractivity contribution in [2.24, 2.45) is 11.1 Å². The molecule has 0 fully saturated rings. The van der Waals surface area contributed by atoms with E-state index in [1.165, 1.54) is 17.5 Å². The van der Waals surface area contributed by atoms with Crippen molar-refractivity contribution in [1.29, 1.82) is 0 Å². The Morgan fingerprint density at radius 1 is 1.37 bits per heavy atom. The van der Waals surface area contributed by atoms with Crippen molar-refractivity contribution in [3.63, 3.8) is 0 Å². The van der Waals surface area contributed by atoms with Gasteiger partial charge >= 0.3 is 0 Å². The number of rotatable bonds is 6. The number of ether oxygens (including phenoxy) is 1. The highest BCUT2D eigenvalue weighted by atomic mass is 32.2. The molecule has 0 atom stereocenters. The van der Waals surface area contributed by atoms with Crippen LogP contribution in [-0.4, -0.2) is 40.0 Å². The summed E-state index contributed by atoms with van der Waals surface area (Å²) in [5.74, 6) is 0.521. The van der Waals surface area contributed by atoms with Gasteiger partial charge in [0.15, 0.2) is 0 Å². The number of hydrogen-bond donors (Lipinski definition) is 1. The number of nitrogens with two attached hydrogens (primary N) is 1. The third-order valence-corrected chi connectivity index (χ3v) is 4.75. The predicted molar refractivity (Wildman–Crippen MR) is 75.6 cm³/mol. The lowest BCUT2D eigenvalue weighted by atomic mass is 9.94. The Morgan fingerprint density at radius 2 is 2.00 bits per heavy atom. The maximum absolute atomic E-state index is 12.4. The van der Waals surface area contributed by atoms with Gasteiger partial charge in [0, 0.05) is 19.7 Å². The second-order valence-corrected chi connectivity index (χ2v) is 7.35. The fourth-order valence-corrected chi connectivity index (χ4v) is 3.09. The minimum absolute atomic E-state index is 0.224. The van der Waals surface area contributed by atoms with Crippen LogP contribution in [0.3, 0.4) is 0 Å². The summed E-state index contributed by atoms with van der Waals surface area (Å²) >= 11 is 0. The Balaban J connectivity index is 3.03. The maximum atomic E-state index is 12.4. The van der Waals surface area contributed by atoms with E-state index in [9.17, 15) is 8.42 Å². The number of benzene rings is 1. The second kappa shape index (κ2) is 5.90. The average Bonchev–Trinajstić information content (AvgIpc) is 2.38. The van der Waals surface area contributed by atoms with Crippen LogP contribution >= 0.6 is 0 Å². The van der Waals surface area contributed by atoms with Crippen molar-refractivity contribution < 1.29 is 13.2 Å². The van der Waals surface area contributed by atoms with E-state index >= 15 is 0 Å². The number of nitrogens with zero attached hydrogens (tertiary/aromatic N) is 1. The fraction of sp³-hybridized carbons (Fsp3) is 0.538. The van der Waals surface area contributed by atoms with E-state index in [0.29, 0.717) is 18.8 Å². The van der Waals surface area contributed by atoms with Crippen LogP contribution in [-0.2, 0) is 10.0 Å². The molecule has 2 N–H and O–H groups in total. The van der Waals surface area contributed by atoms with Gasteiger partial charge in [-0.2, -0.15) is 0 Å². The van der Waals surface area contributed by atoms with Crippen molar-refractivity contribution in [3.8, 4) is 5.75 Å². The molecule has 0 radical (unpaired) electrons. The predicted octanol–water partition coefficient (Wildman–Crippen LogP) is 1.30. The van der Waals surface area contributed by atoms with Crippen LogP contribution in [0.4, 0.5) is 0 Å². The molecule has 0 aliphatic rings. The molecule has 1 aromatic rings. The molecule has 1 aromatic carbocycles. The van der Waals surface area contributed by atoms with Crippen molar-refractivity contribution in [2.45, 2.75) is 18.7 Å². The van der Waals surface area contributed by atoms with Gasteiger partial charge in [-0.05, 0) is 24.1 Å². The first-order valence-electron chi connectivity index (χ1n) is 6.03. The van der Waals surface area contributed by atoms with E-state index in [2.05, 4.69) is 0 Å². The summed E-state index contributed by atoms with van der Waals surface area (Å²) in [5, 5.41) is 0. The average molecular weight is 286 g/mol. The first kappa shape index (κ1) is 15.9. The monoisotopic (exact) mass is 286 g/mol. The van der Waals surface area contributed by atoms with E-state index in [0.717, 1.165) is 0 Å².